The zero-order valence-electron chi connectivity index (χ0n) is 10.6. The molecule has 0 amide bonds. The molecule has 1 aromatic carbocycles. The van der Waals surface area contributed by atoms with Crippen molar-refractivity contribution in [3.63, 3.8) is 0 Å². The molecule has 5 heteroatoms. The third kappa shape index (κ3) is 2.47. The number of anilines is 1. The van der Waals surface area contributed by atoms with E-state index in [4.69, 9.17) is 18.0 Å². The standard InChI is InChI=1S/C13H18N4S/c1-9-10(2)17(13(8-18)15-9)16-12-5-3-4-11(6-12)7-14/h3-6,8,13,15-16H,7,14H2,1-2H3. The summed E-state index contributed by atoms with van der Waals surface area (Å²) >= 11 is 5.04. The molecule has 0 aromatic heterocycles. The first kappa shape index (κ1) is 12.9. The number of nitrogens with zero attached hydrogens (tertiary/aromatic N) is 1. The van der Waals surface area contributed by atoms with Gasteiger partial charge in [-0.2, -0.15) is 0 Å². The van der Waals surface area contributed by atoms with E-state index in [0.717, 1.165) is 22.6 Å². The van der Waals surface area contributed by atoms with Crippen molar-refractivity contribution in [2.45, 2.75) is 26.6 Å². The maximum atomic E-state index is 5.64. The minimum Gasteiger partial charge on any atom is -0.362 e. The predicted octanol–water partition coefficient (Wildman–Crippen LogP) is 1.95. The van der Waals surface area contributed by atoms with Crippen molar-refractivity contribution in [2.24, 2.45) is 5.73 Å². The molecule has 0 saturated heterocycles. The summed E-state index contributed by atoms with van der Waals surface area (Å²) in [6.07, 6.45) is 0.00142. The first-order valence-electron chi connectivity index (χ1n) is 5.90. The van der Waals surface area contributed by atoms with E-state index in [1.54, 1.807) is 5.37 Å². The Balaban J connectivity index is 2.19. The van der Waals surface area contributed by atoms with Gasteiger partial charge in [-0.05, 0) is 31.5 Å². The molecule has 1 aliphatic heterocycles. The average Bonchev–Trinajstić information content (AvgIpc) is 2.67. The molecule has 1 aromatic rings. The second-order valence-corrected chi connectivity index (χ2v) is 4.59. The minimum absolute atomic E-state index is 0.00142. The van der Waals surface area contributed by atoms with Crippen molar-refractivity contribution >= 4 is 23.3 Å². The number of hydrazine groups is 1. The molecule has 1 aliphatic rings. The number of hydrogen-bond donors (Lipinski definition) is 3. The number of rotatable bonds is 4. The van der Waals surface area contributed by atoms with Crippen molar-refractivity contribution in [3.05, 3.63) is 41.2 Å². The van der Waals surface area contributed by atoms with Crippen LogP contribution in [0.15, 0.2) is 35.7 Å². The van der Waals surface area contributed by atoms with Crippen LogP contribution in [0, 0.1) is 0 Å². The Bertz CT molecular complexity index is 484. The van der Waals surface area contributed by atoms with Crippen LogP contribution in [0.5, 0.6) is 0 Å². The first-order chi connectivity index (χ1) is 8.65. The summed E-state index contributed by atoms with van der Waals surface area (Å²) in [5.74, 6) is 0. The molecule has 0 bridgehead atoms. The molecule has 1 unspecified atom stereocenters. The lowest BCUT2D eigenvalue weighted by atomic mass is 10.2. The van der Waals surface area contributed by atoms with Gasteiger partial charge in [-0.25, -0.2) is 0 Å². The Labute approximate surface area is 113 Å². The van der Waals surface area contributed by atoms with Gasteiger partial charge in [-0.3, -0.25) is 10.4 Å². The van der Waals surface area contributed by atoms with Gasteiger partial charge in [0.25, 0.3) is 0 Å². The smallest absolute Gasteiger partial charge is 0.147 e. The third-order valence-corrected chi connectivity index (χ3v) is 3.35. The second kappa shape index (κ2) is 5.37. The first-order valence-corrected chi connectivity index (χ1v) is 6.37. The van der Waals surface area contributed by atoms with Crippen LogP contribution in [0.1, 0.15) is 19.4 Å². The number of thiocarbonyl (C=S) groups is 1. The lowest BCUT2D eigenvalue weighted by molar-refractivity contribution is 0.386. The molecule has 4 nitrogen and oxygen atoms in total. The fraction of sp³-hybridized carbons (Fsp3) is 0.308. The summed E-state index contributed by atoms with van der Waals surface area (Å²) in [5, 5.41) is 7.04. The molecule has 1 atom stereocenters. The van der Waals surface area contributed by atoms with Gasteiger partial charge in [0.15, 0.2) is 0 Å². The van der Waals surface area contributed by atoms with E-state index < -0.39 is 0 Å². The van der Waals surface area contributed by atoms with E-state index in [-0.39, 0.29) is 6.17 Å². The van der Waals surface area contributed by atoms with Crippen LogP contribution in [-0.2, 0) is 6.54 Å². The van der Waals surface area contributed by atoms with Gasteiger partial charge in [-0.1, -0.05) is 24.4 Å². The van der Waals surface area contributed by atoms with Crippen LogP contribution in [0.3, 0.4) is 0 Å². The molecule has 1 heterocycles. The largest absolute Gasteiger partial charge is 0.362 e. The van der Waals surface area contributed by atoms with Crippen LogP contribution < -0.4 is 16.5 Å². The van der Waals surface area contributed by atoms with E-state index in [1.807, 2.05) is 36.2 Å². The molecule has 18 heavy (non-hydrogen) atoms. The highest BCUT2D eigenvalue weighted by Gasteiger charge is 2.24. The number of nitrogens with one attached hydrogen (secondary N) is 2. The summed E-state index contributed by atoms with van der Waals surface area (Å²) < 4.78 is 0. The molecule has 4 N–H and O–H groups in total. The van der Waals surface area contributed by atoms with E-state index in [9.17, 15) is 0 Å². The van der Waals surface area contributed by atoms with E-state index in [0.29, 0.717) is 6.54 Å². The molecular weight excluding hydrogens is 244 g/mol. The van der Waals surface area contributed by atoms with Crippen LogP contribution in [-0.4, -0.2) is 16.5 Å². The quantitative estimate of drug-likeness (QED) is 0.724. The highest BCUT2D eigenvalue weighted by Crippen LogP contribution is 2.21. The maximum Gasteiger partial charge on any atom is 0.147 e. The average molecular weight is 262 g/mol. The van der Waals surface area contributed by atoms with Crippen LogP contribution >= 0.6 is 12.2 Å². The Morgan fingerprint density at radius 3 is 2.94 bits per heavy atom. The zero-order chi connectivity index (χ0) is 13.1. The van der Waals surface area contributed by atoms with E-state index >= 15 is 0 Å². The fourth-order valence-electron chi connectivity index (χ4n) is 1.94. The van der Waals surface area contributed by atoms with Crippen LogP contribution in [0.2, 0.25) is 0 Å². The Morgan fingerprint density at radius 1 is 1.50 bits per heavy atom. The van der Waals surface area contributed by atoms with Crippen molar-refractivity contribution in [1.29, 1.82) is 0 Å². The molecule has 0 fully saturated rings. The van der Waals surface area contributed by atoms with Crippen molar-refractivity contribution in [2.75, 3.05) is 5.43 Å². The van der Waals surface area contributed by atoms with Gasteiger partial charge in [0.1, 0.15) is 6.17 Å². The normalized spacial score (nSPS) is 18.8. The van der Waals surface area contributed by atoms with Crippen molar-refractivity contribution in [3.8, 4) is 0 Å². The molecule has 0 aliphatic carbocycles. The van der Waals surface area contributed by atoms with Gasteiger partial charge in [0.2, 0.25) is 0 Å². The van der Waals surface area contributed by atoms with Crippen LogP contribution in [0.25, 0.3) is 0 Å². The Hall–Kier alpha value is -1.59. The van der Waals surface area contributed by atoms with Gasteiger partial charge in [0, 0.05) is 17.6 Å². The number of benzene rings is 1. The Morgan fingerprint density at radius 2 is 2.28 bits per heavy atom. The number of hydrogen-bond acceptors (Lipinski definition) is 5. The van der Waals surface area contributed by atoms with Gasteiger partial charge in [-0.15, -0.1) is 0 Å². The molecule has 0 spiro atoms. The molecular formula is C13H18N4S. The Kier molecular flexibility index (Phi) is 3.84. The summed E-state index contributed by atoms with van der Waals surface area (Å²) in [7, 11) is 0. The SMILES string of the molecule is CC1=C(C)N(Nc2cccc(CN)c2)C(C=S)N1. The molecule has 2 rings (SSSR count). The highest BCUT2D eigenvalue weighted by molar-refractivity contribution is 7.79. The number of nitrogens with two attached hydrogens (primary N) is 1. The monoisotopic (exact) mass is 262 g/mol. The summed E-state index contributed by atoms with van der Waals surface area (Å²) in [6.45, 7) is 4.64. The topological polar surface area (TPSA) is 53.3 Å². The van der Waals surface area contributed by atoms with Crippen molar-refractivity contribution < 1.29 is 0 Å². The lowest BCUT2D eigenvalue weighted by Crippen LogP contribution is -2.41. The van der Waals surface area contributed by atoms with Gasteiger partial charge >= 0.3 is 0 Å². The molecule has 96 valence electrons. The summed E-state index contributed by atoms with van der Waals surface area (Å²) in [4.78, 5) is 0. The minimum atomic E-state index is 0.00142. The highest BCUT2D eigenvalue weighted by atomic mass is 32.1. The summed E-state index contributed by atoms with van der Waals surface area (Å²) in [5.41, 5.74) is 13.4. The predicted molar refractivity (Wildman–Crippen MR) is 78.7 cm³/mol. The maximum absolute atomic E-state index is 5.64. The zero-order valence-corrected chi connectivity index (χ0v) is 11.4. The second-order valence-electron chi connectivity index (χ2n) is 4.32. The van der Waals surface area contributed by atoms with Crippen LogP contribution in [0.4, 0.5) is 5.69 Å². The fourth-order valence-corrected chi connectivity index (χ4v) is 2.13. The van der Waals surface area contributed by atoms with E-state index in [2.05, 4.69) is 17.7 Å². The third-order valence-electron chi connectivity index (χ3n) is 3.09. The molecule has 0 saturated carbocycles. The van der Waals surface area contributed by atoms with Crippen molar-refractivity contribution in [1.82, 2.24) is 10.3 Å². The van der Waals surface area contributed by atoms with E-state index in [1.165, 1.54) is 0 Å². The number of allylic oxidation sites excluding steroid dienone is 2. The molecule has 0 radical (unpaired) electrons. The van der Waals surface area contributed by atoms with Gasteiger partial charge < -0.3 is 11.1 Å². The lowest BCUT2D eigenvalue weighted by Gasteiger charge is -2.27. The van der Waals surface area contributed by atoms with Gasteiger partial charge in [0.05, 0.1) is 11.4 Å². The summed E-state index contributed by atoms with van der Waals surface area (Å²) in [6, 6.07) is 8.06.